The van der Waals surface area contributed by atoms with E-state index in [1.165, 1.54) is 7.11 Å². The number of nitrogens with one attached hydrogen (secondary N) is 2. The number of carbonyl (C=O) groups is 1. The van der Waals surface area contributed by atoms with Crippen molar-refractivity contribution < 1.29 is 14.3 Å². The summed E-state index contributed by atoms with van der Waals surface area (Å²) in [6.45, 7) is 4.40. The minimum atomic E-state index is -0.225. The molecule has 20 heavy (non-hydrogen) atoms. The van der Waals surface area contributed by atoms with Gasteiger partial charge in [0.2, 0.25) is 0 Å². The van der Waals surface area contributed by atoms with Crippen molar-refractivity contribution in [2.45, 2.75) is 6.54 Å². The minimum absolute atomic E-state index is 0.0947. The number of carbonyl (C=O) groups excluding carboxylic acids is 1. The Kier molecular flexibility index (Phi) is 6.90. The Bertz CT molecular complexity index is 478. The zero-order valence-electron chi connectivity index (χ0n) is 11.7. The molecule has 0 heterocycles. The second kappa shape index (κ2) is 8.45. The van der Waals surface area contributed by atoms with Gasteiger partial charge in [0, 0.05) is 29.7 Å². The van der Waals surface area contributed by atoms with E-state index in [9.17, 15) is 4.79 Å². The summed E-state index contributed by atoms with van der Waals surface area (Å²) in [5.41, 5.74) is 0.827. The Labute approximate surface area is 123 Å². The van der Waals surface area contributed by atoms with E-state index in [1.807, 2.05) is 7.05 Å². The molecule has 0 aliphatic carbocycles. The monoisotopic (exact) mass is 298 g/mol. The lowest BCUT2D eigenvalue weighted by atomic mass is 10.2. The van der Waals surface area contributed by atoms with Crippen molar-refractivity contribution in [3.63, 3.8) is 0 Å². The van der Waals surface area contributed by atoms with Crippen LogP contribution >= 0.6 is 11.6 Å². The summed E-state index contributed by atoms with van der Waals surface area (Å²) < 4.78 is 10.8. The molecule has 1 rings (SSSR count). The fourth-order valence-electron chi connectivity index (χ4n) is 1.63. The molecule has 6 heteroatoms. The van der Waals surface area contributed by atoms with Gasteiger partial charge in [0.15, 0.2) is 18.1 Å². The van der Waals surface area contributed by atoms with Crippen molar-refractivity contribution in [1.82, 2.24) is 10.6 Å². The summed E-state index contributed by atoms with van der Waals surface area (Å²) in [6, 6.07) is 3.43. The van der Waals surface area contributed by atoms with E-state index in [4.69, 9.17) is 21.1 Å². The highest BCUT2D eigenvalue weighted by atomic mass is 35.5. The molecule has 1 aromatic rings. The van der Waals surface area contributed by atoms with Crippen LogP contribution in [-0.2, 0) is 11.3 Å². The Morgan fingerprint density at radius 2 is 2.25 bits per heavy atom. The summed E-state index contributed by atoms with van der Waals surface area (Å²) in [6.07, 6.45) is 1.60. The topological polar surface area (TPSA) is 59.6 Å². The van der Waals surface area contributed by atoms with Gasteiger partial charge in [-0.1, -0.05) is 17.7 Å². The highest BCUT2D eigenvalue weighted by Gasteiger charge is 2.14. The molecule has 0 unspecified atom stereocenters. The Morgan fingerprint density at radius 1 is 1.50 bits per heavy atom. The van der Waals surface area contributed by atoms with Gasteiger partial charge in [0.05, 0.1) is 7.11 Å². The van der Waals surface area contributed by atoms with Crippen molar-refractivity contribution >= 4 is 17.5 Å². The fourth-order valence-corrected chi connectivity index (χ4v) is 1.87. The lowest BCUT2D eigenvalue weighted by molar-refractivity contribution is -0.122. The van der Waals surface area contributed by atoms with E-state index in [0.717, 1.165) is 5.56 Å². The summed E-state index contributed by atoms with van der Waals surface area (Å²) in [4.78, 5) is 11.5. The van der Waals surface area contributed by atoms with Crippen LogP contribution in [0.2, 0.25) is 5.02 Å². The third-order valence-electron chi connectivity index (χ3n) is 2.47. The molecular weight excluding hydrogens is 280 g/mol. The first kappa shape index (κ1) is 16.3. The predicted molar refractivity (Wildman–Crippen MR) is 79.5 cm³/mol. The summed E-state index contributed by atoms with van der Waals surface area (Å²) in [5.74, 6) is 0.789. The average Bonchev–Trinajstić information content (AvgIpc) is 2.43. The summed E-state index contributed by atoms with van der Waals surface area (Å²) in [7, 11) is 3.34. The van der Waals surface area contributed by atoms with Crippen LogP contribution in [0.15, 0.2) is 24.8 Å². The van der Waals surface area contributed by atoms with E-state index in [-0.39, 0.29) is 12.5 Å². The maximum atomic E-state index is 11.5. The molecule has 0 saturated carbocycles. The molecule has 1 aromatic carbocycles. The van der Waals surface area contributed by atoms with E-state index in [2.05, 4.69) is 17.2 Å². The van der Waals surface area contributed by atoms with Crippen LogP contribution in [-0.4, -0.2) is 33.2 Å². The van der Waals surface area contributed by atoms with Crippen molar-refractivity contribution in [1.29, 1.82) is 0 Å². The molecule has 110 valence electrons. The lowest BCUT2D eigenvalue weighted by Crippen LogP contribution is -2.29. The first-order valence-electron chi connectivity index (χ1n) is 6.13. The maximum absolute atomic E-state index is 11.5. The van der Waals surface area contributed by atoms with Gasteiger partial charge in [0.1, 0.15) is 0 Å². The SMILES string of the molecule is C=CCNC(=O)COc1c(CNC)cc(Cl)cc1OC. The zero-order chi connectivity index (χ0) is 15.0. The molecule has 0 saturated heterocycles. The first-order valence-corrected chi connectivity index (χ1v) is 6.51. The van der Waals surface area contributed by atoms with Crippen LogP contribution in [0.3, 0.4) is 0 Å². The number of halogens is 1. The van der Waals surface area contributed by atoms with E-state index >= 15 is 0 Å². The Morgan fingerprint density at radius 3 is 2.85 bits per heavy atom. The quantitative estimate of drug-likeness (QED) is 0.718. The molecular formula is C14H19ClN2O3. The van der Waals surface area contributed by atoms with Gasteiger partial charge in [0.25, 0.3) is 5.91 Å². The number of ether oxygens (including phenoxy) is 2. The molecule has 0 aliphatic heterocycles. The Hall–Kier alpha value is -1.72. The standard InChI is InChI=1S/C14H19ClN2O3/c1-4-5-17-13(18)9-20-14-10(8-16-2)6-11(15)7-12(14)19-3/h4,6-7,16H,1,5,8-9H2,2-3H3,(H,17,18). The van der Waals surface area contributed by atoms with Gasteiger partial charge < -0.3 is 20.1 Å². The van der Waals surface area contributed by atoms with Gasteiger partial charge >= 0.3 is 0 Å². The average molecular weight is 299 g/mol. The molecule has 0 radical (unpaired) electrons. The number of methoxy groups -OCH3 is 1. The van der Waals surface area contributed by atoms with Gasteiger partial charge in [-0.2, -0.15) is 0 Å². The molecule has 0 atom stereocenters. The predicted octanol–water partition coefficient (Wildman–Crippen LogP) is 1.75. The van der Waals surface area contributed by atoms with Crippen molar-refractivity contribution in [2.75, 3.05) is 27.3 Å². The van der Waals surface area contributed by atoms with Gasteiger partial charge in [-0.05, 0) is 13.1 Å². The third-order valence-corrected chi connectivity index (χ3v) is 2.69. The molecule has 0 aliphatic rings. The van der Waals surface area contributed by atoms with Crippen LogP contribution in [0.1, 0.15) is 5.56 Å². The lowest BCUT2D eigenvalue weighted by Gasteiger charge is -2.15. The second-order valence-corrected chi connectivity index (χ2v) is 4.44. The molecule has 0 bridgehead atoms. The third kappa shape index (κ3) is 4.75. The van der Waals surface area contributed by atoms with E-state index in [1.54, 1.807) is 18.2 Å². The summed E-state index contributed by atoms with van der Waals surface area (Å²) in [5, 5.41) is 6.21. The summed E-state index contributed by atoms with van der Waals surface area (Å²) >= 11 is 6.01. The van der Waals surface area contributed by atoms with Crippen molar-refractivity contribution in [3.05, 3.63) is 35.4 Å². The van der Waals surface area contributed by atoms with E-state index in [0.29, 0.717) is 29.6 Å². The molecule has 5 nitrogen and oxygen atoms in total. The van der Waals surface area contributed by atoms with Crippen molar-refractivity contribution in [2.24, 2.45) is 0 Å². The largest absolute Gasteiger partial charge is 0.493 e. The van der Waals surface area contributed by atoms with Gasteiger partial charge in [-0.3, -0.25) is 4.79 Å². The fraction of sp³-hybridized carbons (Fsp3) is 0.357. The van der Waals surface area contributed by atoms with Crippen LogP contribution in [0.4, 0.5) is 0 Å². The number of benzene rings is 1. The second-order valence-electron chi connectivity index (χ2n) is 4.01. The maximum Gasteiger partial charge on any atom is 0.258 e. The van der Waals surface area contributed by atoms with Crippen molar-refractivity contribution in [3.8, 4) is 11.5 Å². The first-order chi connectivity index (χ1) is 9.62. The number of hydrogen-bond acceptors (Lipinski definition) is 4. The normalized spacial score (nSPS) is 9.95. The van der Waals surface area contributed by atoms with Crippen LogP contribution in [0.5, 0.6) is 11.5 Å². The number of hydrogen-bond donors (Lipinski definition) is 2. The Balaban J connectivity index is 2.85. The highest BCUT2D eigenvalue weighted by Crippen LogP contribution is 2.34. The molecule has 0 aromatic heterocycles. The number of rotatable bonds is 8. The van der Waals surface area contributed by atoms with E-state index < -0.39 is 0 Å². The molecule has 1 amide bonds. The smallest absolute Gasteiger partial charge is 0.258 e. The number of amides is 1. The van der Waals surface area contributed by atoms with Crippen LogP contribution in [0, 0.1) is 0 Å². The van der Waals surface area contributed by atoms with Crippen LogP contribution in [0.25, 0.3) is 0 Å². The van der Waals surface area contributed by atoms with Crippen LogP contribution < -0.4 is 20.1 Å². The van der Waals surface area contributed by atoms with Gasteiger partial charge in [-0.15, -0.1) is 6.58 Å². The molecule has 2 N–H and O–H groups in total. The highest BCUT2D eigenvalue weighted by molar-refractivity contribution is 6.30. The van der Waals surface area contributed by atoms with Gasteiger partial charge in [-0.25, -0.2) is 0 Å². The molecule has 0 spiro atoms. The minimum Gasteiger partial charge on any atom is -0.493 e. The zero-order valence-corrected chi connectivity index (χ0v) is 12.4. The molecule has 0 fully saturated rings.